The van der Waals surface area contributed by atoms with E-state index in [1.807, 2.05) is 0 Å². The first kappa shape index (κ1) is 11.6. The van der Waals surface area contributed by atoms with E-state index in [9.17, 15) is 4.79 Å². The Morgan fingerprint density at radius 1 is 1.57 bits per heavy atom. The molecule has 0 atom stereocenters. The minimum atomic E-state index is -0.299. The van der Waals surface area contributed by atoms with Crippen molar-refractivity contribution in [3.05, 3.63) is 26.9 Å². The van der Waals surface area contributed by atoms with Crippen molar-refractivity contribution in [1.82, 2.24) is 10.0 Å². The summed E-state index contributed by atoms with van der Waals surface area (Å²) in [5, 5.41) is 1.11. The number of hydroxylamine groups is 2. The van der Waals surface area contributed by atoms with Crippen LogP contribution in [0.15, 0.2) is 21.2 Å². The van der Waals surface area contributed by atoms with Gasteiger partial charge in [-0.05, 0) is 37.9 Å². The van der Waals surface area contributed by atoms with Crippen LogP contribution in [0, 0.1) is 0 Å². The highest BCUT2D eigenvalue weighted by atomic mass is 79.9. The van der Waals surface area contributed by atoms with Crippen LogP contribution in [-0.4, -0.2) is 30.1 Å². The van der Waals surface area contributed by atoms with Gasteiger partial charge in [0.1, 0.15) is 5.69 Å². The fraction of sp³-hybridized carbons (Fsp3) is 0.250. The molecule has 0 aliphatic carbocycles. The molecule has 0 aromatic carbocycles. The molecule has 1 heterocycles. The topological polar surface area (TPSA) is 42.4 Å². The van der Waals surface area contributed by atoms with E-state index in [1.54, 1.807) is 12.3 Å². The van der Waals surface area contributed by atoms with Crippen molar-refractivity contribution in [3.63, 3.8) is 0 Å². The van der Waals surface area contributed by atoms with Gasteiger partial charge in [0.2, 0.25) is 0 Å². The fourth-order valence-electron chi connectivity index (χ4n) is 0.804. The molecule has 0 bridgehead atoms. The standard InChI is InChI=1S/C8H8Br2N2O2/c1-12(14-2)8(13)7-6(10)3-5(9)4-11-7/h3-4H,1-2H3. The third-order valence-corrected chi connectivity index (χ3v) is 2.61. The minimum Gasteiger partial charge on any atom is -0.274 e. The van der Waals surface area contributed by atoms with Crippen LogP contribution in [0.3, 0.4) is 0 Å². The first-order valence-electron chi connectivity index (χ1n) is 3.69. The zero-order valence-corrected chi connectivity index (χ0v) is 10.8. The average Bonchev–Trinajstić information content (AvgIpc) is 2.15. The number of pyridine rings is 1. The SMILES string of the molecule is CON(C)C(=O)c1ncc(Br)cc1Br. The Morgan fingerprint density at radius 3 is 2.71 bits per heavy atom. The number of hydrogen-bond donors (Lipinski definition) is 0. The molecule has 0 spiro atoms. The van der Waals surface area contributed by atoms with Gasteiger partial charge in [-0.3, -0.25) is 9.63 Å². The van der Waals surface area contributed by atoms with Gasteiger partial charge >= 0.3 is 0 Å². The number of nitrogens with zero attached hydrogens (tertiary/aromatic N) is 2. The molecule has 0 unspecified atom stereocenters. The highest BCUT2D eigenvalue weighted by molar-refractivity contribution is 9.11. The maximum atomic E-state index is 11.6. The number of rotatable bonds is 2. The molecule has 14 heavy (non-hydrogen) atoms. The van der Waals surface area contributed by atoms with Crippen molar-refractivity contribution in [2.45, 2.75) is 0 Å². The molecule has 0 radical (unpaired) electrons. The predicted octanol–water partition coefficient (Wildman–Crippen LogP) is 2.24. The summed E-state index contributed by atoms with van der Waals surface area (Å²) in [6.45, 7) is 0. The van der Waals surface area contributed by atoms with E-state index in [0.29, 0.717) is 10.2 Å². The number of amides is 1. The Bertz CT molecular complexity index is 357. The molecule has 0 saturated heterocycles. The van der Waals surface area contributed by atoms with Gasteiger partial charge in [-0.15, -0.1) is 0 Å². The van der Waals surface area contributed by atoms with E-state index in [4.69, 9.17) is 4.84 Å². The van der Waals surface area contributed by atoms with Crippen molar-refractivity contribution >= 4 is 37.8 Å². The van der Waals surface area contributed by atoms with E-state index in [-0.39, 0.29) is 5.91 Å². The van der Waals surface area contributed by atoms with Gasteiger partial charge in [-0.1, -0.05) is 0 Å². The second kappa shape index (κ2) is 4.86. The highest BCUT2D eigenvalue weighted by Gasteiger charge is 2.16. The number of hydrogen-bond acceptors (Lipinski definition) is 3. The number of halogens is 2. The lowest BCUT2D eigenvalue weighted by atomic mass is 10.3. The molecule has 0 aliphatic heterocycles. The molecular weight excluding hydrogens is 316 g/mol. The average molecular weight is 324 g/mol. The molecule has 0 N–H and O–H groups in total. The minimum absolute atomic E-state index is 0.299. The smallest absolute Gasteiger partial charge is 0.274 e. The Morgan fingerprint density at radius 2 is 2.21 bits per heavy atom. The number of carbonyl (C=O) groups excluding carboxylic acids is 1. The van der Waals surface area contributed by atoms with Crippen LogP contribution in [0.1, 0.15) is 10.5 Å². The van der Waals surface area contributed by atoms with Crippen LogP contribution in [0.5, 0.6) is 0 Å². The third-order valence-electron chi connectivity index (χ3n) is 1.57. The van der Waals surface area contributed by atoms with Crippen LogP contribution >= 0.6 is 31.9 Å². The molecule has 76 valence electrons. The van der Waals surface area contributed by atoms with Gasteiger partial charge in [-0.2, -0.15) is 0 Å². The zero-order chi connectivity index (χ0) is 10.7. The van der Waals surface area contributed by atoms with Crippen molar-refractivity contribution in [2.24, 2.45) is 0 Å². The molecule has 0 aliphatic rings. The highest BCUT2D eigenvalue weighted by Crippen LogP contribution is 2.20. The first-order valence-corrected chi connectivity index (χ1v) is 5.28. The van der Waals surface area contributed by atoms with Gasteiger partial charge < -0.3 is 0 Å². The lowest BCUT2D eigenvalue weighted by Gasteiger charge is -2.13. The summed E-state index contributed by atoms with van der Waals surface area (Å²) in [4.78, 5) is 20.3. The molecule has 1 aromatic rings. The normalized spacial score (nSPS) is 10.0. The van der Waals surface area contributed by atoms with Crippen molar-refractivity contribution in [3.8, 4) is 0 Å². The maximum absolute atomic E-state index is 11.6. The van der Waals surface area contributed by atoms with E-state index in [1.165, 1.54) is 14.2 Å². The molecule has 4 nitrogen and oxygen atoms in total. The summed E-state index contributed by atoms with van der Waals surface area (Å²) in [5.74, 6) is -0.299. The second-order valence-corrected chi connectivity index (χ2v) is 4.24. The van der Waals surface area contributed by atoms with Crippen LogP contribution < -0.4 is 0 Å². The molecule has 6 heteroatoms. The number of carbonyl (C=O) groups is 1. The second-order valence-electron chi connectivity index (χ2n) is 2.47. The van der Waals surface area contributed by atoms with E-state index in [2.05, 4.69) is 36.8 Å². The maximum Gasteiger partial charge on any atom is 0.296 e. The van der Waals surface area contributed by atoms with Gasteiger partial charge in [0.25, 0.3) is 5.91 Å². The van der Waals surface area contributed by atoms with Gasteiger partial charge in [-0.25, -0.2) is 10.0 Å². The monoisotopic (exact) mass is 322 g/mol. The lowest BCUT2D eigenvalue weighted by Crippen LogP contribution is -2.26. The van der Waals surface area contributed by atoms with E-state index in [0.717, 1.165) is 9.54 Å². The quantitative estimate of drug-likeness (QED) is 0.784. The van der Waals surface area contributed by atoms with Crippen molar-refractivity contribution in [2.75, 3.05) is 14.2 Å². The van der Waals surface area contributed by atoms with Crippen LogP contribution in [0.25, 0.3) is 0 Å². The van der Waals surface area contributed by atoms with E-state index >= 15 is 0 Å². The lowest BCUT2D eigenvalue weighted by molar-refractivity contribution is -0.0761. The molecule has 1 aromatic heterocycles. The van der Waals surface area contributed by atoms with Crippen LogP contribution in [0.4, 0.5) is 0 Å². The van der Waals surface area contributed by atoms with Crippen LogP contribution in [-0.2, 0) is 4.84 Å². The Balaban J connectivity index is 3.02. The summed E-state index contributed by atoms with van der Waals surface area (Å²) in [6, 6.07) is 1.75. The zero-order valence-electron chi connectivity index (χ0n) is 7.62. The van der Waals surface area contributed by atoms with Crippen LogP contribution in [0.2, 0.25) is 0 Å². The summed E-state index contributed by atoms with van der Waals surface area (Å²) < 4.78 is 1.43. The van der Waals surface area contributed by atoms with Crippen molar-refractivity contribution in [1.29, 1.82) is 0 Å². The Labute approximate surface area is 98.5 Å². The summed E-state index contributed by atoms with van der Waals surface area (Å²) in [7, 11) is 2.95. The van der Waals surface area contributed by atoms with Crippen molar-refractivity contribution < 1.29 is 9.63 Å². The molecular formula is C8H8Br2N2O2. The Kier molecular flexibility index (Phi) is 4.03. The van der Waals surface area contributed by atoms with Gasteiger partial charge in [0.05, 0.1) is 11.6 Å². The van der Waals surface area contributed by atoms with Gasteiger partial charge in [0, 0.05) is 17.7 Å². The molecule has 1 rings (SSSR count). The summed E-state index contributed by atoms with van der Waals surface area (Å²) in [6.07, 6.45) is 1.56. The predicted molar refractivity (Wildman–Crippen MR) is 58.7 cm³/mol. The molecule has 0 fully saturated rings. The number of aromatic nitrogens is 1. The first-order chi connectivity index (χ1) is 6.56. The van der Waals surface area contributed by atoms with E-state index < -0.39 is 0 Å². The molecule has 0 saturated carbocycles. The summed E-state index contributed by atoms with van der Waals surface area (Å²) in [5.41, 5.74) is 0.317. The van der Waals surface area contributed by atoms with Gasteiger partial charge in [0.15, 0.2) is 0 Å². The summed E-state index contributed by atoms with van der Waals surface area (Å²) >= 11 is 6.50. The molecule has 1 amide bonds. The largest absolute Gasteiger partial charge is 0.296 e. The Hall–Kier alpha value is -0.460. The third kappa shape index (κ3) is 2.52. The fourth-order valence-corrected chi connectivity index (χ4v) is 1.96.